The number of esters is 1. The topological polar surface area (TPSA) is 101 Å². The molecule has 19 heavy (non-hydrogen) atoms. The summed E-state index contributed by atoms with van der Waals surface area (Å²) in [5, 5.41) is 17.7. The number of carboxylic acid groups (broad SMARTS) is 2. The summed E-state index contributed by atoms with van der Waals surface area (Å²) in [6, 6.07) is 0. The number of carbonyl (C=O) groups excluding carboxylic acids is 1. The molecule has 0 aliphatic rings. The number of unbranched alkanes of at least 4 members (excludes halogenated alkanes) is 3. The lowest BCUT2D eigenvalue weighted by molar-refractivity contribution is -0.143. The van der Waals surface area contributed by atoms with E-state index < -0.39 is 17.9 Å². The lowest BCUT2D eigenvalue weighted by Crippen LogP contribution is -2.18. The fraction of sp³-hybridized carbons (Fsp3) is 0.615. The lowest BCUT2D eigenvalue weighted by Gasteiger charge is -2.07. The third-order valence-corrected chi connectivity index (χ3v) is 2.60. The van der Waals surface area contributed by atoms with Gasteiger partial charge in [-0.2, -0.15) is 0 Å². The van der Waals surface area contributed by atoms with Gasteiger partial charge in [0.25, 0.3) is 0 Å². The molecule has 0 aliphatic heterocycles. The first-order chi connectivity index (χ1) is 8.86. The zero-order valence-electron chi connectivity index (χ0n) is 11.2. The Balaban J connectivity index is 4.03. The number of hydrogen-bond acceptors (Lipinski definition) is 4. The molecule has 0 aromatic rings. The smallest absolute Gasteiger partial charge is 0.332 e. The van der Waals surface area contributed by atoms with Crippen LogP contribution in [0.3, 0.4) is 0 Å². The highest BCUT2D eigenvalue weighted by molar-refractivity contribution is 5.93. The van der Waals surface area contributed by atoms with E-state index in [0.717, 1.165) is 12.8 Å². The van der Waals surface area contributed by atoms with Crippen molar-refractivity contribution in [2.75, 3.05) is 6.61 Å². The van der Waals surface area contributed by atoms with Crippen LogP contribution >= 0.6 is 0 Å². The standard InChI is InChI=1S/C13H20O6/c1-9(12(15)16)11(13(17)18)7-5-3-4-6-8-19-10(2)14/h7,9H,3-6,8H2,1-2H3,(H,15,16)(H,17,18)/b11-7+/t9-/m0/s1. The van der Waals surface area contributed by atoms with Crippen LogP contribution in [0.5, 0.6) is 0 Å². The second-order valence-electron chi connectivity index (χ2n) is 4.21. The molecule has 2 N–H and O–H groups in total. The Morgan fingerprint density at radius 1 is 1.16 bits per heavy atom. The molecule has 0 saturated carbocycles. The van der Waals surface area contributed by atoms with E-state index in [2.05, 4.69) is 0 Å². The van der Waals surface area contributed by atoms with Crippen LogP contribution in [0.2, 0.25) is 0 Å². The largest absolute Gasteiger partial charge is 0.481 e. The van der Waals surface area contributed by atoms with Gasteiger partial charge in [0.15, 0.2) is 0 Å². The van der Waals surface area contributed by atoms with Crippen molar-refractivity contribution < 1.29 is 29.3 Å². The van der Waals surface area contributed by atoms with Gasteiger partial charge >= 0.3 is 17.9 Å². The van der Waals surface area contributed by atoms with Crippen molar-refractivity contribution in [1.82, 2.24) is 0 Å². The Hall–Kier alpha value is -1.85. The SMILES string of the molecule is CC(=O)OCCCCC/C=C(/C(=O)O)[C@H](C)C(=O)O. The van der Waals surface area contributed by atoms with E-state index >= 15 is 0 Å². The van der Waals surface area contributed by atoms with Crippen LogP contribution in [0.15, 0.2) is 11.6 Å². The summed E-state index contributed by atoms with van der Waals surface area (Å²) < 4.78 is 4.75. The molecule has 108 valence electrons. The van der Waals surface area contributed by atoms with E-state index in [1.54, 1.807) is 0 Å². The van der Waals surface area contributed by atoms with Gasteiger partial charge < -0.3 is 14.9 Å². The van der Waals surface area contributed by atoms with Crippen LogP contribution in [0.4, 0.5) is 0 Å². The molecule has 0 rings (SSSR count). The monoisotopic (exact) mass is 272 g/mol. The van der Waals surface area contributed by atoms with Gasteiger partial charge in [-0.15, -0.1) is 0 Å². The van der Waals surface area contributed by atoms with Crippen molar-refractivity contribution in [3.8, 4) is 0 Å². The molecule has 0 radical (unpaired) electrons. The minimum atomic E-state index is -1.20. The van der Waals surface area contributed by atoms with E-state index in [1.807, 2.05) is 0 Å². The van der Waals surface area contributed by atoms with E-state index in [-0.39, 0.29) is 11.5 Å². The Morgan fingerprint density at radius 2 is 1.79 bits per heavy atom. The summed E-state index contributed by atoms with van der Waals surface area (Å²) in [6.07, 6.45) is 4.18. The molecule has 0 heterocycles. The summed E-state index contributed by atoms with van der Waals surface area (Å²) in [6.45, 7) is 3.05. The highest BCUT2D eigenvalue weighted by Gasteiger charge is 2.21. The molecule has 0 bridgehead atoms. The fourth-order valence-electron chi connectivity index (χ4n) is 1.48. The Bertz CT molecular complexity index is 358. The fourth-order valence-corrected chi connectivity index (χ4v) is 1.48. The highest BCUT2D eigenvalue weighted by Crippen LogP contribution is 2.13. The molecular formula is C13H20O6. The number of aliphatic carboxylic acids is 2. The minimum Gasteiger partial charge on any atom is -0.481 e. The summed E-state index contributed by atoms with van der Waals surface area (Å²) in [5.74, 6) is -3.68. The highest BCUT2D eigenvalue weighted by atomic mass is 16.5. The Kier molecular flexibility index (Phi) is 8.24. The molecule has 1 atom stereocenters. The first kappa shape index (κ1) is 17.2. The number of ether oxygens (including phenoxy) is 1. The predicted octanol–water partition coefficient (Wildman–Crippen LogP) is 1.84. The normalized spacial score (nSPS) is 12.8. The van der Waals surface area contributed by atoms with Gasteiger partial charge in [-0.3, -0.25) is 9.59 Å². The van der Waals surface area contributed by atoms with Crippen molar-refractivity contribution in [2.24, 2.45) is 5.92 Å². The van der Waals surface area contributed by atoms with Crippen molar-refractivity contribution in [3.63, 3.8) is 0 Å². The molecule has 0 aliphatic carbocycles. The zero-order chi connectivity index (χ0) is 14.8. The van der Waals surface area contributed by atoms with Crippen LogP contribution in [-0.2, 0) is 19.1 Å². The maximum atomic E-state index is 10.9. The Labute approximate surface area is 112 Å². The minimum absolute atomic E-state index is 0.0903. The summed E-state index contributed by atoms with van der Waals surface area (Å²) in [7, 11) is 0. The van der Waals surface area contributed by atoms with Crippen molar-refractivity contribution in [1.29, 1.82) is 0 Å². The van der Waals surface area contributed by atoms with E-state index in [4.69, 9.17) is 14.9 Å². The molecule has 0 amide bonds. The molecule has 0 saturated heterocycles. The number of rotatable bonds is 9. The molecule has 0 aromatic carbocycles. The Morgan fingerprint density at radius 3 is 2.26 bits per heavy atom. The molecule has 0 aromatic heterocycles. The van der Waals surface area contributed by atoms with E-state index in [9.17, 15) is 14.4 Å². The van der Waals surface area contributed by atoms with E-state index in [1.165, 1.54) is 19.9 Å². The summed E-state index contributed by atoms with van der Waals surface area (Å²) in [5.41, 5.74) is -0.0903. The number of hydrogen-bond donors (Lipinski definition) is 2. The van der Waals surface area contributed by atoms with E-state index in [0.29, 0.717) is 19.4 Å². The van der Waals surface area contributed by atoms with Crippen LogP contribution in [-0.4, -0.2) is 34.7 Å². The maximum absolute atomic E-state index is 10.9. The molecular weight excluding hydrogens is 252 g/mol. The van der Waals surface area contributed by atoms with Crippen LogP contribution in [0, 0.1) is 5.92 Å². The lowest BCUT2D eigenvalue weighted by atomic mass is 9.99. The average Bonchev–Trinajstić information content (AvgIpc) is 2.30. The molecule has 0 unspecified atom stereocenters. The van der Waals surface area contributed by atoms with Gasteiger partial charge in [0, 0.05) is 12.5 Å². The second-order valence-corrected chi connectivity index (χ2v) is 4.21. The average molecular weight is 272 g/mol. The number of carbonyl (C=O) groups is 3. The third-order valence-electron chi connectivity index (χ3n) is 2.60. The van der Waals surface area contributed by atoms with Crippen molar-refractivity contribution in [3.05, 3.63) is 11.6 Å². The maximum Gasteiger partial charge on any atom is 0.332 e. The summed E-state index contributed by atoms with van der Waals surface area (Å²) >= 11 is 0. The number of carboxylic acids is 2. The third kappa shape index (κ3) is 7.96. The molecule has 0 spiro atoms. The van der Waals surface area contributed by atoms with Gasteiger partial charge in [0.1, 0.15) is 0 Å². The molecule has 6 nitrogen and oxygen atoms in total. The van der Waals surface area contributed by atoms with Gasteiger partial charge in [-0.25, -0.2) is 4.79 Å². The molecule has 6 heteroatoms. The zero-order valence-corrected chi connectivity index (χ0v) is 11.2. The summed E-state index contributed by atoms with van der Waals surface area (Å²) in [4.78, 5) is 32.1. The van der Waals surface area contributed by atoms with Gasteiger partial charge in [-0.05, 0) is 32.6 Å². The van der Waals surface area contributed by atoms with Crippen molar-refractivity contribution >= 4 is 17.9 Å². The molecule has 0 fully saturated rings. The predicted molar refractivity (Wildman–Crippen MR) is 67.6 cm³/mol. The quantitative estimate of drug-likeness (QED) is 0.377. The van der Waals surface area contributed by atoms with Crippen molar-refractivity contribution in [2.45, 2.75) is 39.5 Å². The van der Waals surface area contributed by atoms with Gasteiger partial charge in [0.05, 0.1) is 12.5 Å². The first-order valence-electron chi connectivity index (χ1n) is 6.15. The van der Waals surface area contributed by atoms with Crippen LogP contribution in [0.1, 0.15) is 39.5 Å². The van der Waals surface area contributed by atoms with Gasteiger partial charge in [0.2, 0.25) is 0 Å². The van der Waals surface area contributed by atoms with Crippen LogP contribution < -0.4 is 0 Å². The second kappa shape index (κ2) is 9.13. The first-order valence-corrected chi connectivity index (χ1v) is 6.15. The van der Waals surface area contributed by atoms with Gasteiger partial charge in [-0.1, -0.05) is 6.08 Å². The number of allylic oxidation sites excluding steroid dienone is 1. The van der Waals surface area contributed by atoms with Crippen LogP contribution in [0.25, 0.3) is 0 Å².